The van der Waals surface area contributed by atoms with Gasteiger partial charge in [0.05, 0.1) is 0 Å². The van der Waals surface area contributed by atoms with Crippen LogP contribution in [0, 0.1) is 0 Å². The molecule has 0 radical (unpaired) electrons. The molecule has 0 aliphatic carbocycles. The van der Waals surface area contributed by atoms with Gasteiger partial charge in [-0.1, -0.05) is 0 Å². The van der Waals surface area contributed by atoms with Crippen LogP contribution in [0.4, 0.5) is 0 Å². The van der Waals surface area contributed by atoms with Crippen LogP contribution in [0.15, 0.2) is 168 Å². The molecular weight excluding hydrogens is 720 g/mol. The topological polar surface area (TPSA) is 0 Å². The van der Waals surface area contributed by atoms with Crippen molar-refractivity contribution in [1.82, 2.24) is 0 Å². The summed E-state index contributed by atoms with van der Waals surface area (Å²) >= 11 is 3.79. The second-order valence-electron chi connectivity index (χ2n) is 13.1. The zero-order valence-electron chi connectivity index (χ0n) is 27.4. The quantitative estimate of drug-likeness (QED) is 0.124. The van der Waals surface area contributed by atoms with Gasteiger partial charge in [0.25, 0.3) is 0 Å². The van der Waals surface area contributed by atoms with Crippen LogP contribution in [0.2, 0.25) is 0 Å². The fourth-order valence-corrected chi connectivity index (χ4v) is 12.6. The molecule has 8 aromatic carbocycles. The Balaban J connectivity index is 1.18. The molecule has 0 nitrogen and oxygen atoms in total. The average molecular weight is 748 g/mol. The summed E-state index contributed by atoms with van der Waals surface area (Å²) in [6, 6.07) is 59.2. The third-order valence-corrected chi connectivity index (χ3v) is 14.8. The summed E-state index contributed by atoms with van der Waals surface area (Å²) in [6.45, 7) is 0. The zero-order valence-corrected chi connectivity index (χ0v) is 30.7. The van der Waals surface area contributed by atoms with Crippen molar-refractivity contribution < 1.29 is 0 Å². The van der Waals surface area contributed by atoms with E-state index >= 15 is 0 Å². The molecule has 0 atom stereocenters. The van der Waals surface area contributed by atoms with Gasteiger partial charge in [-0.05, 0) is 0 Å². The predicted octanol–water partition coefficient (Wildman–Crippen LogP) is 14.5. The first-order valence-electron chi connectivity index (χ1n) is 17.2. The standard InChI is InChI=1S/C48H28S2Se/c1-5-16-35-31(12-1)44(32-13-2-6-17-36(32)46(35)41-22-10-26-49-41)29-24-25-30-39-20-9-21-40(48(39)51-43(30)28-29)45-33-14-3-7-18-37(33)47(42-23-11-27-50-42)38-19-8-4-15-34(38)45/h1-28H. The molecule has 51 heavy (non-hydrogen) atoms. The molecule has 0 fully saturated rings. The summed E-state index contributed by atoms with van der Waals surface area (Å²) in [6.07, 6.45) is 0. The Kier molecular flexibility index (Phi) is 6.72. The van der Waals surface area contributed by atoms with Crippen LogP contribution in [0.1, 0.15) is 0 Å². The zero-order chi connectivity index (χ0) is 33.5. The van der Waals surface area contributed by atoms with E-state index < -0.39 is 0 Å². The van der Waals surface area contributed by atoms with Crippen molar-refractivity contribution in [3.63, 3.8) is 0 Å². The molecular formula is C48H28S2Se. The monoisotopic (exact) mass is 748 g/mol. The van der Waals surface area contributed by atoms with E-state index in [1.54, 1.807) is 0 Å². The Labute approximate surface area is 309 Å². The predicted molar refractivity (Wildman–Crippen MR) is 226 cm³/mol. The maximum absolute atomic E-state index is 2.51. The second kappa shape index (κ2) is 11.6. The van der Waals surface area contributed by atoms with Gasteiger partial charge in [-0.2, -0.15) is 0 Å². The molecule has 0 saturated carbocycles. The van der Waals surface area contributed by atoms with Crippen molar-refractivity contribution in [3.05, 3.63) is 168 Å². The van der Waals surface area contributed by atoms with E-state index in [2.05, 4.69) is 168 Å². The van der Waals surface area contributed by atoms with Crippen LogP contribution >= 0.6 is 22.7 Å². The number of fused-ring (bicyclic) bond motifs is 7. The van der Waals surface area contributed by atoms with E-state index in [4.69, 9.17) is 0 Å². The third kappa shape index (κ3) is 4.43. The second-order valence-corrected chi connectivity index (χ2v) is 17.2. The Morgan fingerprint density at radius 1 is 0.333 bits per heavy atom. The first-order chi connectivity index (χ1) is 25.3. The van der Waals surface area contributed by atoms with Gasteiger partial charge in [0.1, 0.15) is 0 Å². The Bertz CT molecular complexity index is 3010. The SMILES string of the molecule is c1csc(-c2c3ccccc3c(-c3ccc4c(c3)[se]c3c(-c5c6ccccc6c(-c6cccs6)c6ccccc56)cccc34)c3ccccc23)c1. The molecule has 11 aromatic rings. The summed E-state index contributed by atoms with van der Waals surface area (Å²) in [5.74, 6) is 0. The molecule has 0 aliphatic rings. The van der Waals surface area contributed by atoms with Crippen molar-refractivity contribution in [3.8, 4) is 43.1 Å². The van der Waals surface area contributed by atoms with E-state index in [1.807, 2.05) is 22.7 Å². The number of thiophene rings is 2. The van der Waals surface area contributed by atoms with E-state index in [0.717, 1.165) is 0 Å². The van der Waals surface area contributed by atoms with Crippen molar-refractivity contribution >= 4 is 99.6 Å². The van der Waals surface area contributed by atoms with Gasteiger partial charge in [-0.3, -0.25) is 0 Å². The number of hydrogen-bond acceptors (Lipinski definition) is 2. The van der Waals surface area contributed by atoms with Crippen LogP contribution < -0.4 is 0 Å². The maximum atomic E-state index is 2.51. The summed E-state index contributed by atoms with van der Waals surface area (Å²) < 4.78 is 2.95. The van der Waals surface area contributed by atoms with Crippen molar-refractivity contribution in [2.24, 2.45) is 0 Å². The summed E-state index contributed by atoms with van der Waals surface area (Å²) in [4.78, 5) is 2.64. The molecule has 0 unspecified atom stereocenters. The van der Waals surface area contributed by atoms with Gasteiger partial charge in [-0.25, -0.2) is 0 Å². The Hall–Kier alpha value is -5.28. The van der Waals surface area contributed by atoms with E-state index in [0.29, 0.717) is 0 Å². The van der Waals surface area contributed by atoms with Gasteiger partial charge in [0, 0.05) is 0 Å². The van der Waals surface area contributed by atoms with Gasteiger partial charge in [-0.15, -0.1) is 0 Å². The van der Waals surface area contributed by atoms with E-state index in [9.17, 15) is 0 Å². The van der Waals surface area contributed by atoms with Crippen LogP contribution in [-0.2, 0) is 0 Å². The molecule has 0 saturated heterocycles. The summed E-state index contributed by atoms with van der Waals surface area (Å²) in [7, 11) is 0. The van der Waals surface area contributed by atoms with E-state index in [1.165, 1.54) is 106 Å². The number of benzene rings is 8. The minimum atomic E-state index is 0.147. The first kappa shape index (κ1) is 29.4. The van der Waals surface area contributed by atoms with Gasteiger partial charge in [0.2, 0.25) is 0 Å². The molecule has 3 aromatic heterocycles. The van der Waals surface area contributed by atoms with Crippen LogP contribution in [0.3, 0.4) is 0 Å². The van der Waals surface area contributed by atoms with Gasteiger partial charge < -0.3 is 0 Å². The summed E-state index contributed by atoms with van der Waals surface area (Å²) in [5.41, 5.74) is 8.03. The molecule has 3 heteroatoms. The van der Waals surface area contributed by atoms with Crippen molar-refractivity contribution in [2.45, 2.75) is 0 Å². The Morgan fingerprint density at radius 2 is 0.784 bits per heavy atom. The third-order valence-electron chi connectivity index (χ3n) is 10.5. The van der Waals surface area contributed by atoms with E-state index in [-0.39, 0.29) is 14.5 Å². The molecule has 3 heterocycles. The fraction of sp³-hybridized carbons (Fsp3) is 0. The normalized spacial score (nSPS) is 11.9. The molecule has 0 amide bonds. The van der Waals surface area contributed by atoms with Crippen molar-refractivity contribution in [2.75, 3.05) is 0 Å². The van der Waals surface area contributed by atoms with Crippen LogP contribution in [0.5, 0.6) is 0 Å². The number of rotatable bonds is 4. The summed E-state index contributed by atoms with van der Waals surface area (Å²) in [5, 5.41) is 17.7. The van der Waals surface area contributed by atoms with Gasteiger partial charge in [0.15, 0.2) is 0 Å². The van der Waals surface area contributed by atoms with Crippen molar-refractivity contribution in [1.29, 1.82) is 0 Å². The van der Waals surface area contributed by atoms with Gasteiger partial charge >= 0.3 is 311 Å². The first-order valence-corrected chi connectivity index (χ1v) is 20.7. The molecule has 0 spiro atoms. The average Bonchev–Trinajstić information content (AvgIpc) is 3.98. The minimum absolute atomic E-state index is 0.147. The Morgan fingerprint density at radius 3 is 1.25 bits per heavy atom. The molecule has 0 bridgehead atoms. The van der Waals surface area contributed by atoms with Crippen LogP contribution in [-0.4, -0.2) is 14.5 Å². The van der Waals surface area contributed by atoms with Crippen LogP contribution in [0.25, 0.3) is 106 Å². The molecule has 0 N–H and O–H groups in total. The molecule has 0 aliphatic heterocycles. The number of hydrogen-bond donors (Lipinski definition) is 0. The molecule has 11 rings (SSSR count). The molecule has 238 valence electrons. The fourth-order valence-electron chi connectivity index (χ4n) is 8.38.